The summed E-state index contributed by atoms with van der Waals surface area (Å²) in [6.45, 7) is 5.87. The van der Waals surface area contributed by atoms with Crippen molar-refractivity contribution in [1.82, 2.24) is 20.4 Å². The van der Waals surface area contributed by atoms with E-state index in [1.54, 1.807) is 0 Å². The third-order valence-corrected chi connectivity index (χ3v) is 4.82. The number of aromatic nitrogens is 2. The Bertz CT molecular complexity index is 867. The van der Waals surface area contributed by atoms with Gasteiger partial charge in [0, 0.05) is 5.41 Å². The molecule has 1 aliphatic carbocycles. The highest BCUT2D eigenvalue weighted by Crippen LogP contribution is 2.41. The number of rotatable bonds is 2. The number of nitrogens with zero attached hydrogens (tertiary/aromatic N) is 3. The minimum absolute atomic E-state index is 0.0162. The number of amides is 3. The Morgan fingerprint density at radius 3 is 2.72 bits per heavy atom. The van der Waals surface area contributed by atoms with Gasteiger partial charge in [-0.3, -0.25) is 9.69 Å². The highest BCUT2D eigenvalue weighted by atomic mass is 16.4. The molecule has 1 aliphatic heterocycles. The van der Waals surface area contributed by atoms with Crippen molar-refractivity contribution in [3.63, 3.8) is 0 Å². The summed E-state index contributed by atoms with van der Waals surface area (Å²) in [4.78, 5) is 26.7. The highest BCUT2D eigenvalue weighted by Gasteiger charge is 2.55. The molecule has 1 fully saturated rings. The average Bonchev–Trinajstić information content (AvgIpc) is 3.23. The maximum Gasteiger partial charge on any atom is 0.325 e. The molecule has 1 aromatic heterocycles. The van der Waals surface area contributed by atoms with E-state index in [1.807, 2.05) is 45.0 Å². The molecule has 3 amide bonds. The standard InChI is InChI=1S/C18H20N4O3/c1-17(2,3)14-21-20-13(25-14)10-22-15(23)18(19-16(22)24)9-8-11-6-4-5-7-12(11)18/h4-7H,8-10H2,1-3H3,(H,19,24). The summed E-state index contributed by atoms with van der Waals surface area (Å²) in [7, 11) is 0. The maximum absolute atomic E-state index is 13.1. The molecule has 130 valence electrons. The van der Waals surface area contributed by atoms with Crippen LogP contribution in [-0.2, 0) is 28.7 Å². The van der Waals surface area contributed by atoms with E-state index in [4.69, 9.17) is 4.42 Å². The summed E-state index contributed by atoms with van der Waals surface area (Å²) in [5.74, 6) is 0.491. The molecule has 4 rings (SSSR count). The second kappa shape index (κ2) is 5.15. The van der Waals surface area contributed by atoms with Crippen molar-refractivity contribution in [2.45, 2.75) is 51.1 Å². The summed E-state index contributed by atoms with van der Waals surface area (Å²) in [5.41, 5.74) is 0.747. The van der Waals surface area contributed by atoms with Crippen molar-refractivity contribution < 1.29 is 14.0 Å². The number of carbonyl (C=O) groups excluding carboxylic acids is 2. The van der Waals surface area contributed by atoms with Crippen molar-refractivity contribution >= 4 is 11.9 Å². The third-order valence-electron chi connectivity index (χ3n) is 4.82. The number of aryl methyl sites for hydroxylation is 1. The van der Waals surface area contributed by atoms with E-state index in [9.17, 15) is 9.59 Å². The van der Waals surface area contributed by atoms with Gasteiger partial charge < -0.3 is 9.73 Å². The van der Waals surface area contributed by atoms with Crippen LogP contribution in [0.4, 0.5) is 4.79 Å². The Labute approximate surface area is 145 Å². The topological polar surface area (TPSA) is 88.3 Å². The number of hydrogen-bond donors (Lipinski definition) is 1. The number of nitrogens with one attached hydrogen (secondary N) is 1. The molecule has 1 aromatic carbocycles. The number of benzene rings is 1. The Morgan fingerprint density at radius 1 is 1.24 bits per heavy atom. The first-order chi connectivity index (χ1) is 11.8. The normalized spacial score (nSPS) is 22.6. The summed E-state index contributed by atoms with van der Waals surface area (Å²) in [6.07, 6.45) is 1.34. The lowest BCUT2D eigenvalue weighted by molar-refractivity contribution is -0.132. The first-order valence-corrected chi connectivity index (χ1v) is 8.37. The zero-order valence-electron chi connectivity index (χ0n) is 14.5. The van der Waals surface area contributed by atoms with Crippen LogP contribution < -0.4 is 5.32 Å². The zero-order valence-corrected chi connectivity index (χ0v) is 14.5. The summed E-state index contributed by atoms with van der Waals surface area (Å²) >= 11 is 0. The number of imide groups is 1. The van der Waals surface area contributed by atoms with Crippen LogP contribution in [0.15, 0.2) is 28.7 Å². The first kappa shape index (κ1) is 15.8. The molecule has 2 aliphatic rings. The van der Waals surface area contributed by atoms with Crippen LogP contribution >= 0.6 is 0 Å². The lowest BCUT2D eigenvalue weighted by atomic mass is 9.92. The van der Waals surface area contributed by atoms with Crippen molar-refractivity contribution in [2.24, 2.45) is 0 Å². The molecule has 0 radical (unpaired) electrons. The van der Waals surface area contributed by atoms with E-state index in [0.29, 0.717) is 12.3 Å². The number of carbonyl (C=O) groups is 2. The van der Waals surface area contributed by atoms with Crippen molar-refractivity contribution in [1.29, 1.82) is 0 Å². The van der Waals surface area contributed by atoms with Gasteiger partial charge in [0.25, 0.3) is 5.91 Å². The SMILES string of the molecule is CC(C)(C)c1nnc(CN2C(=O)NC3(CCc4ccccc43)C2=O)o1. The number of hydrogen-bond acceptors (Lipinski definition) is 5. The molecule has 1 atom stereocenters. The molecule has 1 N–H and O–H groups in total. The van der Waals surface area contributed by atoms with Gasteiger partial charge in [0.2, 0.25) is 11.8 Å². The van der Waals surface area contributed by atoms with Gasteiger partial charge in [0.05, 0.1) is 0 Å². The van der Waals surface area contributed by atoms with E-state index < -0.39 is 11.6 Å². The fourth-order valence-corrected chi connectivity index (χ4v) is 3.49. The van der Waals surface area contributed by atoms with Crippen molar-refractivity contribution in [3.8, 4) is 0 Å². The zero-order chi connectivity index (χ0) is 17.8. The first-order valence-electron chi connectivity index (χ1n) is 8.37. The van der Waals surface area contributed by atoms with Gasteiger partial charge in [0.1, 0.15) is 12.1 Å². The van der Waals surface area contributed by atoms with Crippen molar-refractivity contribution in [3.05, 3.63) is 47.2 Å². The van der Waals surface area contributed by atoms with Crippen molar-refractivity contribution in [2.75, 3.05) is 0 Å². The quantitative estimate of drug-likeness (QED) is 0.847. The van der Waals surface area contributed by atoms with Crippen LogP contribution in [0.1, 0.15) is 50.1 Å². The maximum atomic E-state index is 13.1. The van der Waals surface area contributed by atoms with Gasteiger partial charge in [-0.1, -0.05) is 45.0 Å². The van der Waals surface area contributed by atoms with Gasteiger partial charge in [0.15, 0.2) is 0 Å². The van der Waals surface area contributed by atoms with Gasteiger partial charge in [-0.05, 0) is 24.0 Å². The van der Waals surface area contributed by atoms with Gasteiger partial charge in [-0.2, -0.15) is 0 Å². The van der Waals surface area contributed by atoms with E-state index in [-0.39, 0.29) is 23.8 Å². The Balaban J connectivity index is 1.62. The van der Waals surface area contributed by atoms with Crippen LogP contribution in [0.5, 0.6) is 0 Å². The average molecular weight is 340 g/mol. The largest absolute Gasteiger partial charge is 0.423 e. The molecule has 7 nitrogen and oxygen atoms in total. The second-order valence-corrected chi connectivity index (χ2v) is 7.63. The lowest BCUT2D eigenvalue weighted by Gasteiger charge is -2.22. The van der Waals surface area contributed by atoms with Crippen LogP contribution in [0.25, 0.3) is 0 Å². The molecule has 1 saturated heterocycles. The predicted octanol–water partition coefficient (Wildman–Crippen LogP) is 2.26. The summed E-state index contributed by atoms with van der Waals surface area (Å²) in [5, 5.41) is 10.9. The Kier molecular flexibility index (Phi) is 3.25. The minimum atomic E-state index is -0.958. The Morgan fingerprint density at radius 2 is 2.00 bits per heavy atom. The molecule has 0 saturated carbocycles. The molecule has 1 spiro atoms. The fraction of sp³-hybridized carbons (Fsp3) is 0.444. The van der Waals surface area contributed by atoms with Gasteiger partial charge >= 0.3 is 6.03 Å². The number of urea groups is 1. The van der Waals surface area contributed by atoms with Crippen LogP contribution in [0.3, 0.4) is 0 Å². The lowest BCUT2D eigenvalue weighted by Crippen LogP contribution is -2.41. The third kappa shape index (κ3) is 2.33. The van der Waals surface area contributed by atoms with Gasteiger partial charge in [-0.15, -0.1) is 10.2 Å². The Hall–Kier alpha value is -2.70. The molecule has 7 heteroatoms. The van der Waals surface area contributed by atoms with Crippen LogP contribution in [-0.4, -0.2) is 27.0 Å². The summed E-state index contributed by atoms with van der Waals surface area (Å²) < 4.78 is 5.63. The van der Waals surface area contributed by atoms with E-state index in [2.05, 4.69) is 15.5 Å². The summed E-state index contributed by atoms with van der Waals surface area (Å²) in [6, 6.07) is 7.33. The number of fused-ring (bicyclic) bond motifs is 2. The molecule has 1 unspecified atom stereocenters. The molecule has 2 heterocycles. The van der Waals surface area contributed by atoms with E-state index >= 15 is 0 Å². The highest BCUT2D eigenvalue weighted by molar-refractivity contribution is 6.07. The molecule has 25 heavy (non-hydrogen) atoms. The fourth-order valence-electron chi connectivity index (χ4n) is 3.49. The molecule has 2 aromatic rings. The molecule has 0 bridgehead atoms. The smallest absolute Gasteiger partial charge is 0.325 e. The predicted molar refractivity (Wildman–Crippen MR) is 88.5 cm³/mol. The monoisotopic (exact) mass is 340 g/mol. The van der Waals surface area contributed by atoms with Crippen LogP contribution in [0.2, 0.25) is 0 Å². The second-order valence-electron chi connectivity index (χ2n) is 7.63. The van der Waals surface area contributed by atoms with Gasteiger partial charge in [-0.25, -0.2) is 4.79 Å². The van der Waals surface area contributed by atoms with E-state index in [0.717, 1.165) is 17.5 Å². The van der Waals surface area contributed by atoms with E-state index in [1.165, 1.54) is 4.90 Å². The molecular weight excluding hydrogens is 320 g/mol. The van der Waals surface area contributed by atoms with Crippen LogP contribution in [0, 0.1) is 0 Å². The molecular formula is C18H20N4O3. The minimum Gasteiger partial charge on any atom is -0.423 e.